The molecule has 4 aromatic rings. The van der Waals surface area contributed by atoms with E-state index in [1.807, 2.05) is 0 Å². The molecule has 4 rings (SSSR count). The molecule has 138 valence electrons. The lowest BCUT2D eigenvalue weighted by Crippen LogP contribution is -2.04. The van der Waals surface area contributed by atoms with Gasteiger partial charge < -0.3 is 10.1 Å². The van der Waals surface area contributed by atoms with Crippen LogP contribution in [-0.2, 0) is 6.54 Å². The minimum atomic E-state index is -2.95. The van der Waals surface area contributed by atoms with Crippen molar-refractivity contribution in [3.8, 4) is 5.88 Å². The summed E-state index contributed by atoms with van der Waals surface area (Å²) in [7, 11) is 0. The summed E-state index contributed by atoms with van der Waals surface area (Å²) in [4.78, 5) is 8.68. The third-order valence-electron chi connectivity index (χ3n) is 3.62. The van der Waals surface area contributed by atoms with Crippen LogP contribution in [0.4, 0.5) is 24.8 Å². The second-order valence-corrected chi connectivity index (χ2v) is 5.51. The number of rotatable bonds is 6. The van der Waals surface area contributed by atoms with Crippen LogP contribution in [0.15, 0.2) is 42.7 Å². The smallest absolute Gasteiger partial charge is 0.388 e. The second kappa shape index (κ2) is 6.94. The zero-order chi connectivity index (χ0) is 18.8. The quantitative estimate of drug-likeness (QED) is 0.538. The van der Waals surface area contributed by atoms with Gasteiger partial charge in [0.25, 0.3) is 0 Å². The summed E-state index contributed by atoms with van der Waals surface area (Å²) in [6.45, 7) is -2.56. The Hall–Kier alpha value is -3.63. The van der Waals surface area contributed by atoms with Crippen LogP contribution in [0, 0.1) is 5.82 Å². The minimum absolute atomic E-state index is 0.178. The van der Waals surface area contributed by atoms with Crippen molar-refractivity contribution in [1.29, 1.82) is 0 Å². The van der Waals surface area contributed by atoms with Gasteiger partial charge in [0.2, 0.25) is 5.88 Å². The van der Waals surface area contributed by atoms with Crippen molar-refractivity contribution >= 4 is 22.8 Å². The number of hydrogen-bond acceptors (Lipinski definition) is 6. The van der Waals surface area contributed by atoms with E-state index in [1.54, 1.807) is 23.0 Å². The van der Waals surface area contributed by atoms with E-state index in [0.29, 0.717) is 23.5 Å². The molecule has 0 bridgehead atoms. The summed E-state index contributed by atoms with van der Waals surface area (Å²) >= 11 is 0. The van der Waals surface area contributed by atoms with E-state index in [0.717, 1.165) is 5.56 Å². The lowest BCUT2D eigenvalue weighted by molar-refractivity contribution is -0.0528. The molecule has 0 atom stereocenters. The van der Waals surface area contributed by atoms with E-state index in [1.165, 1.54) is 24.4 Å². The van der Waals surface area contributed by atoms with Gasteiger partial charge >= 0.3 is 6.61 Å². The van der Waals surface area contributed by atoms with Crippen molar-refractivity contribution in [3.05, 3.63) is 54.1 Å². The van der Waals surface area contributed by atoms with Gasteiger partial charge in [-0.2, -0.15) is 19.0 Å². The van der Waals surface area contributed by atoms with Gasteiger partial charge in [0.05, 0.1) is 18.9 Å². The Morgan fingerprint density at radius 2 is 1.96 bits per heavy atom. The maximum Gasteiger partial charge on any atom is 0.388 e. The van der Waals surface area contributed by atoms with Crippen LogP contribution in [0.5, 0.6) is 5.88 Å². The number of H-pyrrole nitrogens is 1. The highest BCUT2D eigenvalue weighted by Crippen LogP contribution is 2.20. The number of nitrogens with one attached hydrogen (secondary N) is 2. The van der Waals surface area contributed by atoms with Gasteiger partial charge in [0.15, 0.2) is 17.3 Å². The summed E-state index contributed by atoms with van der Waals surface area (Å²) in [6.07, 6.45) is 3.04. The molecule has 8 nitrogen and oxygen atoms in total. The Kier molecular flexibility index (Phi) is 4.32. The monoisotopic (exact) mass is 375 g/mol. The fraction of sp³-hybridized carbons (Fsp3) is 0.125. The third-order valence-corrected chi connectivity index (χ3v) is 3.62. The van der Waals surface area contributed by atoms with Crippen molar-refractivity contribution in [3.63, 3.8) is 0 Å². The first-order chi connectivity index (χ1) is 13.1. The average molecular weight is 375 g/mol. The van der Waals surface area contributed by atoms with E-state index in [-0.39, 0.29) is 17.5 Å². The van der Waals surface area contributed by atoms with Crippen LogP contribution >= 0.6 is 0 Å². The number of halogens is 3. The summed E-state index contributed by atoms with van der Waals surface area (Å²) in [5.41, 5.74) is 1.93. The van der Waals surface area contributed by atoms with E-state index in [9.17, 15) is 13.2 Å². The number of aromatic amines is 1. The molecule has 1 aromatic carbocycles. The Labute approximate surface area is 150 Å². The fourth-order valence-corrected chi connectivity index (χ4v) is 2.44. The average Bonchev–Trinajstić information content (AvgIpc) is 3.23. The number of anilines is 2. The Balaban J connectivity index is 1.56. The molecule has 0 saturated heterocycles. The number of benzene rings is 1. The molecule has 0 fully saturated rings. The molecule has 3 heterocycles. The van der Waals surface area contributed by atoms with Gasteiger partial charge in [0, 0.05) is 6.07 Å². The summed E-state index contributed by atoms with van der Waals surface area (Å²) in [5, 5.41) is 13.2. The number of nitrogens with zero attached hydrogens (tertiary/aromatic N) is 5. The maximum absolute atomic E-state index is 13.0. The molecule has 0 aliphatic rings. The van der Waals surface area contributed by atoms with Gasteiger partial charge in [0.1, 0.15) is 11.3 Å². The molecule has 0 aliphatic carbocycles. The molecule has 0 spiro atoms. The van der Waals surface area contributed by atoms with Crippen molar-refractivity contribution in [2.75, 3.05) is 5.32 Å². The maximum atomic E-state index is 13.0. The molecule has 3 aromatic heterocycles. The van der Waals surface area contributed by atoms with Gasteiger partial charge in [-0.3, -0.25) is 0 Å². The van der Waals surface area contributed by atoms with Gasteiger partial charge in [-0.05, 0) is 17.7 Å². The van der Waals surface area contributed by atoms with Crippen molar-refractivity contribution in [2.45, 2.75) is 13.2 Å². The van der Waals surface area contributed by atoms with E-state index < -0.39 is 6.61 Å². The van der Waals surface area contributed by atoms with Crippen LogP contribution in [-0.4, -0.2) is 36.6 Å². The molecule has 27 heavy (non-hydrogen) atoms. The van der Waals surface area contributed by atoms with Crippen LogP contribution in [0.3, 0.4) is 0 Å². The number of fused-ring (bicyclic) bond motifs is 1. The van der Waals surface area contributed by atoms with Crippen LogP contribution < -0.4 is 10.1 Å². The predicted octanol–water partition coefficient (Wildman–Crippen LogP) is 3.08. The standard InChI is InChI=1S/C16H12F3N7O/c17-10-3-1-9(2-4-10)8-26-15-11(6-21-26)20-7-13(23-15)22-12-5-14(25-24-12)27-16(18)19/h1-7,16H,8H2,(H2,22,23,24,25). The SMILES string of the molecule is Fc1ccc(Cn2ncc3ncc(Nc4cc(OC(F)F)[nH]n4)nc32)cc1. The van der Waals surface area contributed by atoms with Gasteiger partial charge in [-0.1, -0.05) is 12.1 Å². The highest BCUT2D eigenvalue weighted by molar-refractivity contribution is 5.72. The van der Waals surface area contributed by atoms with E-state index >= 15 is 0 Å². The largest absolute Gasteiger partial charge is 0.417 e. The molecule has 0 radical (unpaired) electrons. The molecular formula is C16H12F3N7O. The predicted molar refractivity (Wildman–Crippen MR) is 89.3 cm³/mol. The summed E-state index contributed by atoms with van der Waals surface area (Å²) < 4.78 is 43.3. The first-order valence-corrected chi connectivity index (χ1v) is 7.77. The van der Waals surface area contributed by atoms with Gasteiger partial charge in [-0.25, -0.2) is 24.1 Å². The Bertz CT molecular complexity index is 1060. The van der Waals surface area contributed by atoms with Crippen LogP contribution in [0.1, 0.15) is 5.56 Å². The molecule has 0 unspecified atom stereocenters. The second-order valence-electron chi connectivity index (χ2n) is 5.51. The number of ether oxygens (including phenoxy) is 1. The first kappa shape index (κ1) is 16.8. The highest BCUT2D eigenvalue weighted by atomic mass is 19.3. The highest BCUT2D eigenvalue weighted by Gasteiger charge is 2.11. The molecule has 0 aliphatic heterocycles. The van der Waals surface area contributed by atoms with Crippen LogP contribution in [0.25, 0.3) is 11.2 Å². The Morgan fingerprint density at radius 3 is 2.74 bits per heavy atom. The van der Waals surface area contributed by atoms with Crippen molar-refractivity contribution < 1.29 is 17.9 Å². The molecular weight excluding hydrogens is 363 g/mol. The molecule has 0 amide bonds. The normalized spacial score (nSPS) is 11.3. The first-order valence-electron chi connectivity index (χ1n) is 7.77. The van der Waals surface area contributed by atoms with Gasteiger partial charge in [-0.15, -0.1) is 0 Å². The summed E-state index contributed by atoms with van der Waals surface area (Å²) in [6, 6.07) is 7.33. The zero-order valence-corrected chi connectivity index (χ0v) is 13.6. The Morgan fingerprint density at radius 1 is 1.15 bits per heavy atom. The summed E-state index contributed by atoms with van der Waals surface area (Å²) in [5.74, 6) is 0.0924. The topological polar surface area (TPSA) is 93.5 Å². The zero-order valence-electron chi connectivity index (χ0n) is 13.6. The van der Waals surface area contributed by atoms with E-state index in [4.69, 9.17) is 0 Å². The van der Waals surface area contributed by atoms with Crippen molar-refractivity contribution in [1.82, 2.24) is 29.9 Å². The lowest BCUT2D eigenvalue weighted by atomic mass is 10.2. The number of alkyl halides is 2. The lowest BCUT2D eigenvalue weighted by Gasteiger charge is -2.05. The molecule has 2 N–H and O–H groups in total. The minimum Gasteiger partial charge on any atom is -0.417 e. The van der Waals surface area contributed by atoms with Crippen molar-refractivity contribution in [2.24, 2.45) is 0 Å². The van der Waals surface area contributed by atoms with Crippen LogP contribution in [0.2, 0.25) is 0 Å². The van der Waals surface area contributed by atoms with E-state index in [2.05, 4.69) is 35.3 Å². The molecule has 11 heteroatoms. The fourth-order valence-electron chi connectivity index (χ4n) is 2.44. The number of hydrogen-bond donors (Lipinski definition) is 2. The molecule has 0 saturated carbocycles. The third kappa shape index (κ3) is 3.81. The number of aromatic nitrogens is 6.